The Morgan fingerprint density at radius 3 is 3.05 bits per heavy atom. The first-order valence-electron chi connectivity index (χ1n) is 6.67. The lowest BCUT2D eigenvalue weighted by atomic mass is 10.3. The molecule has 0 aliphatic rings. The second-order valence-corrected chi connectivity index (χ2v) is 5.18. The SMILES string of the molecule is O=C(CCn1c(=O)oc2cc(Cl)ccc21)NCc1ccn[nH]1. The van der Waals surface area contributed by atoms with Crippen molar-refractivity contribution in [3.63, 3.8) is 0 Å². The number of nitrogens with one attached hydrogen (secondary N) is 2. The van der Waals surface area contributed by atoms with Crippen molar-refractivity contribution >= 4 is 28.6 Å². The van der Waals surface area contributed by atoms with Crippen LogP contribution in [-0.2, 0) is 17.9 Å². The zero-order chi connectivity index (χ0) is 15.5. The predicted molar refractivity (Wildman–Crippen MR) is 80.5 cm³/mol. The fourth-order valence-electron chi connectivity index (χ4n) is 2.13. The summed E-state index contributed by atoms with van der Waals surface area (Å²) >= 11 is 5.85. The van der Waals surface area contributed by atoms with Crippen molar-refractivity contribution in [1.82, 2.24) is 20.1 Å². The fourth-order valence-corrected chi connectivity index (χ4v) is 2.29. The van der Waals surface area contributed by atoms with E-state index in [1.807, 2.05) is 0 Å². The number of oxazole rings is 1. The van der Waals surface area contributed by atoms with E-state index in [0.29, 0.717) is 22.7 Å². The summed E-state index contributed by atoms with van der Waals surface area (Å²) in [4.78, 5) is 23.6. The van der Waals surface area contributed by atoms with Crippen LogP contribution in [0.3, 0.4) is 0 Å². The zero-order valence-corrected chi connectivity index (χ0v) is 12.3. The van der Waals surface area contributed by atoms with E-state index in [0.717, 1.165) is 5.69 Å². The maximum absolute atomic E-state index is 11.8. The van der Waals surface area contributed by atoms with E-state index < -0.39 is 5.76 Å². The van der Waals surface area contributed by atoms with Crippen LogP contribution in [0.25, 0.3) is 11.1 Å². The molecule has 0 unspecified atom stereocenters. The van der Waals surface area contributed by atoms with E-state index in [4.69, 9.17) is 16.0 Å². The molecule has 0 bridgehead atoms. The number of nitrogens with zero attached hydrogens (tertiary/aromatic N) is 2. The number of amides is 1. The number of halogens is 1. The summed E-state index contributed by atoms with van der Waals surface area (Å²) in [5.74, 6) is -0.663. The number of aromatic amines is 1. The Morgan fingerprint density at radius 2 is 2.27 bits per heavy atom. The molecular formula is C14H13ClN4O3. The van der Waals surface area contributed by atoms with Gasteiger partial charge in [-0.2, -0.15) is 5.10 Å². The van der Waals surface area contributed by atoms with Gasteiger partial charge in [-0.3, -0.25) is 14.5 Å². The molecule has 22 heavy (non-hydrogen) atoms. The molecule has 2 heterocycles. The molecule has 8 heteroatoms. The molecule has 3 aromatic rings. The van der Waals surface area contributed by atoms with E-state index in [1.165, 1.54) is 4.57 Å². The number of aryl methyl sites for hydroxylation is 1. The fraction of sp³-hybridized carbons (Fsp3) is 0.214. The van der Waals surface area contributed by atoms with Crippen molar-refractivity contribution in [3.05, 3.63) is 51.7 Å². The second-order valence-electron chi connectivity index (χ2n) is 4.74. The maximum Gasteiger partial charge on any atom is 0.419 e. The molecule has 3 rings (SSSR count). The molecule has 2 N–H and O–H groups in total. The highest BCUT2D eigenvalue weighted by Crippen LogP contribution is 2.18. The topological polar surface area (TPSA) is 92.9 Å². The third-order valence-electron chi connectivity index (χ3n) is 3.23. The van der Waals surface area contributed by atoms with Crippen LogP contribution < -0.4 is 11.1 Å². The minimum Gasteiger partial charge on any atom is -0.408 e. The Hall–Kier alpha value is -2.54. The van der Waals surface area contributed by atoms with E-state index in [2.05, 4.69) is 15.5 Å². The molecule has 0 saturated carbocycles. The Balaban J connectivity index is 1.65. The van der Waals surface area contributed by atoms with Crippen LogP contribution in [0.4, 0.5) is 0 Å². The number of carbonyl (C=O) groups excluding carboxylic acids is 1. The molecule has 0 radical (unpaired) electrons. The highest BCUT2D eigenvalue weighted by Gasteiger charge is 2.11. The summed E-state index contributed by atoms with van der Waals surface area (Å²) in [7, 11) is 0. The number of H-pyrrole nitrogens is 1. The quantitative estimate of drug-likeness (QED) is 0.748. The monoisotopic (exact) mass is 320 g/mol. The van der Waals surface area contributed by atoms with Gasteiger partial charge in [0.05, 0.1) is 17.8 Å². The number of hydrogen-bond donors (Lipinski definition) is 2. The van der Waals surface area contributed by atoms with Crippen LogP contribution in [0.1, 0.15) is 12.1 Å². The summed E-state index contributed by atoms with van der Waals surface area (Å²) in [5, 5.41) is 9.79. The standard InChI is InChI=1S/C14H13ClN4O3/c15-9-1-2-11-12(7-9)22-14(21)19(11)6-4-13(20)16-8-10-3-5-17-18-10/h1-3,5,7H,4,6,8H2,(H,16,20)(H,17,18). The van der Waals surface area contributed by atoms with Crippen molar-refractivity contribution in [3.8, 4) is 0 Å². The van der Waals surface area contributed by atoms with Crippen LogP contribution in [0.5, 0.6) is 0 Å². The van der Waals surface area contributed by atoms with E-state index in [-0.39, 0.29) is 18.9 Å². The van der Waals surface area contributed by atoms with Crippen molar-refractivity contribution in [2.45, 2.75) is 19.5 Å². The highest BCUT2D eigenvalue weighted by molar-refractivity contribution is 6.31. The van der Waals surface area contributed by atoms with Crippen LogP contribution in [0.15, 0.2) is 39.7 Å². The minimum atomic E-state index is -0.501. The van der Waals surface area contributed by atoms with Crippen LogP contribution in [0.2, 0.25) is 5.02 Å². The van der Waals surface area contributed by atoms with Crippen molar-refractivity contribution in [1.29, 1.82) is 0 Å². The third kappa shape index (κ3) is 3.04. The molecular weight excluding hydrogens is 308 g/mol. The van der Waals surface area contributed by atoms with E-state index in [1.54, 1.807) is 30.5 Å². The molecule has 1 aromatic carbocycles. The zero-order valence-electron chi connectivity index (χ0n) is 11.5. The predicted octanol–water partition coefficient (Wildman–Crippen LogP) is 1.68. The molecule has 1 amide bonds. The van der Waals surface area contributed by atoms with Gasteiger partial charge in [0, 0.05) is 30.3 Å². The van der Waals surface area contributed by atoms with Gasteiger partial charge in [0.15, 0.2) is 5.58 Å². The van der Waals surface area contributed by atoms with Gasteiger partial charge in [-0.15, -0.1) is 0 Å². The number of aromatic nitrogens is 3. The Labute approximate surface area is 129 Å². The van der Waals surface area contributed by atoms with E-state index >= 15 is 0 Å². The molecule has 0 spiro atoms. The average molecular weight is 321 g/mol. The van der Waals surface area contributed by atoms with Crippen LogP contribution in [0, 0.1) is 0 Å². The molecule has 114 valence electrons. The van der Waals surface area contributed by atoms with Crippen LogP contribution in [-0.4, -0.2) is 20.7 Å². The molecule has 0 fully saturated rings. The van der Waals surface area contributed by atoms with Gasteiger partial charge < -0.3 is 9.73 Å². The van der Waals surface area contributed by atoms with Gasteiger partial charge in [0.1, 0.15) is 0 Å². The Bertz CT molecular complexity index is 851. The number of rotatable bonds is 5. The third-order valence-corrected chi connectivity index (χ3v) is 3.46. The van der Waals surface area contributed by atoms with Gasteiger partial charge in [-0.05, 0) is 18.2 Å². The lowest BCUT2D eigenvalue weighted by Gasteiger charge is -2.04. The average Bonchev–Trinajstić information content (AvgIpc) is 3.10. The minimum absolute atomic E-state index is 0.162. The largest absolute Gasteiger partial charge is 0.419 e. The molecule has 7 nitrogen and oxygen atoms in total. The Morgan fingerprint density at radius 1 is 1.41 bits per heavy atom. The highest BCUT2D eigenvalue weighted by atomic mass is 35.5. The summed E-state index contributed by atoms with van der Waals surface area (Å²) in [6.07, 6.45) is 1.79. The van der Waals surface area contributed by atoms with Gasteiger partial charge >= 0.3 is 5.76 Å². The molecule has 0 aliphatic carbocycles. The van der Waals surface area contributed by atoms with Gasteiger partial charge in [0.25, 0.3) is 0 Å². The van der Waals surface area contributed by atoms with Crippen molar-refractivity contribution in [2.75, 3.05) is 0 Å². The molecule has 0 aliphatic heterocycles. The maximum atomic E-state index is 11.8. The summed E-state index contributed by atoms with van der Waals surface area (Å²) < 4.78 is 6.53. The molecule has 0 saturated heterocycles. The van der Waals surface area contributed by atoms with Gasteiger partial charge in [-0.25, -0.2) is 4.79 Å². The molecule has 0 atom stereocenters. The van der Waals surface area contributed by atoms with Crippen molar-refractivity contribution < 1.29 is 9.21 Å². The number of carbonyl (C=O) groups is 1. The van der Waals surface area contributed by atoms with Crippen molar-refractivity contribution in [2.24, 2.45) is 0 Å². The lowest BCUT2D eigenvalue weighted by Crippen LogP contribution is -2.25. The number of fused-ring (bicyclic) bond motifs is 1. The summed E-state index contributed by atoms with van der Waals surface area (Å²) in [6.45, 7) is 0.609. The first-order valence-corrected chi connectivity index (χ1v) is 7.05. The van der Waals surface area contributed by atoms with Gasteiger partial charge in [0.2, 0.25) is 5.91 Å². The Kier molecular flexibility index (Phi) is 3.97. The first kappa shape index (κ1) is 14.4. The van der Waals surface area contributed by atoms with E-state index in [9.17, 15) is 9.59 Å². The molecule has 2 aromatic heterocycles. The smallest absolute Gasteiger partial charge is 0.408 e. The summed E-state index contributed by atoms with van der Waals surface area (Å²) in [6, 6.07) is 6.73. The normalized spacial score (nSPS) is 11.0. The number of benzene rings is 1. The second kappa shape index (κ2) is 6.07. The number of hydrogen-bond acceptors (Lipinski definition) is 4. The van der Waals surface area contributed by atoms with Crippen LogP contribution >= 0.6 is 11.6 Å². The van der Waals surface area contributed by atoms with Gasteiger partial charge in [-0.1, -0.05) is 11.6 Å². The lowest BCUT2D eigenvalue weighted by molar-refractivity contribution is -0.121. The summed E-state index contributed by atoms with van der Waals surface area (Å²) in [5.41, 5.74) is 1.85. The first-order chi connectivity index (χ1) is 10.6.